The molecule has 0 aliphatic heterocycles. The fourth-order valence-corrected chi connectivity index (χ4v) is 2.39. The smallest absolute Gasteiger partial charge is 0.225 e. The lowest BCUT2D eigenvalue weighted by Gasteiger charge is -2.17. The van der Waals surface area contributed by atoms with E-state index in [0.29, 0.717) is 23.5 Å². The van der Waals surface area contributed by atoms with Crippen molar-refractivity contribution < 1.29 is 9.53 Å². The molecule has 0 fully saturated rings. The number of thioether (sulfide) groups is 1. The minimum absolute atomic E-state index is 0.0272. The van der Waals surface area contributed by atoms with E-state index in [-0.39, 0.29) is 10.7 Å². The van der Waals surface area contributed by atoms with Crippen LogP contribution in [-0.2, 0) is 4.79 Å². The zero-order valence-electron chi connectivity index (χ0n) is 11.9. The van der Waals surface area contributed by atoms with Crippen LogP contribution in [0.25, 0.3) is 0 Å². The predicted molar refractivity (Wildman–Crippen MR) is 82.9 cm³/mol. The molecule has 19 heavy (non-hydrogen) atoms. The molecule has 1 amide bonds. The predicted octanol–water partition coefficient (Wildman–Crippen LogP) is 3.14. The number of nitrogen functional groups attached to an aromatic ring is 1. The molecular weight excluding hydrogens is 260 g/mol. The molecule has 0 unspecified atom stereocenters. The topological polar surface area (TPSA) is 64.3 Å². The van der Waals surface area contributed by atoms with Crippen molar-refractivity contribution in [3.8, 4) is 5.75 Å². The molecule has 0 bridgehead atoms. The monoisotopic (exact) mass is 282 g/mol. The first kappa shape index (κ1) is 15.7. The SMILES string of the molecule is COc1ccc(N)cc1NC(=O)CCSC(C)(C)C. The zero-order chi connectivity index (χ0) is 14.5. The lowest BCUT2D eigenvalue weighted by molar-refractivity contribution is -0.115. The second-order valence-electron chi connectivity index (χ2n) is 5.22. The maximum absolute atomic E-state index is 11.9. The Balaban J connectivity index is 2.55. The maximum Gasteiger partial charge on any atom is 0.225 e. The number of benzene rings is 1. The van der Waals surface area contributed by atoms with Gasteiger partial charge in [0.15, 0.2) is 0 Å². The second kappa shape index (κ2) is 6.70. The number of methoxy groups -OCH3 is 1. The Morgan fingerprint density at radius 3 is 2.68 bits per heavy atom. The summed E-state index contributed by atoms with van der Waals surface area (Å²) in [5, 5.41) is 2.83. The van der Waals surface area contributed by atoms with Gasteiger partial charge < -0.3 is 15.8 Å². The van der Waals surface area contributed by atoms with Gasteiger partial charge in [0, 0.05) is 22.6 Å². The van der Waals surface area contributed by atoms with Crippen LogP contribution in [0.1, 0.15) is 27.2 Å². The maximum atomic E-state index is 11.9. The van der Waals surface area contributed by atoms with Crippen LogP contribution in [0.3, 0.4) is 0 Å². The van der Waals surface area contributed by atoms with Gasteiger partial charge in [0.05, 0.1) is 12.8 Å². The lowest BCUT2D eigenvalue weighted by atomic mass is 10.2. The summed E-state index contributed by atoms with van der Waals surface area (Å²) in [5.41, 5.74) is 6.92. The van der Waals surface area contributed by atoms with Gasteiger partial charge in [-0.25, -0.2) is 0 Å². The van der Waals surface area contributed by atoms with Gasteiger partial charge in [-0.1, -0.05) is 20.8 Å². The molecule has 0 heterocycles. The third-order valence-electron chi connectivity index (χ3n) is 2.36. The molecule has 3 N–H and O–H groups in total. The molecule has 0 spiro atoms. The number of hydrogen-bond acceptors (Lipinski definition) is 4. The number of nitrogens with one attached hydrogen (secondary N) is 1. The fourth-order valence-electron chi connectivity index (χ4n) is 1.49. The number of hydrogen-bond donors (Lipinski definition) is 2. The van der Waals surface area contributed by atoms with Crippen molar-refractivity contribution in [2.75, 3.05) is 23.9 Å². The third-order valence-corrected chi connectivity index (χ3v) is 3.64. The molecule has 106 valence electrons. The number of carbonyl (C=O) groups is 1. The fraction of sp³-hybridized carbons (Fsp3) is 0.500. The summed E-state index contributed by atoms with van der Waals surface area (Å²) in [7, 11) is 1.57. The van der Waals surface area contributed by atoms with Gasteiger partial charge in [-0.15, -0.1) is 0 Å². The number of ether oxygens (including phenoxy) is 1. The summed E-state index contributed by atoms with van der Waals surface area (Å²) < 4.78 is 5.36. The Morgan fingerprint density at radius 1 is 1.42 bits per heavy atom. The van der Waals surface area contributed by atoms with Crippen LogP contribution in [0.4, 0.5) is 11.4 Å². The number of amides is 1. The third kappa shape index (κ3) is 5.87. The van der Waals surface area contributed by atoms with Crippen LogP contribution >= 0.6 is 11.8 Å². The highest BCUT2D eigenvalue weighted by atomic mass is 32.2. The average Bonchev–Trinajstić information content (AvgIpc) is 2.27. The van der Waals surface area contributed by atoms with Crippen molar-refractivity contribution >= 4 is 29.0 Å². The second-order valence-corrected chi connectivity index (χ2v) is 7.14. The van der Waals surface area contributed by atoms with Gasteiger partial charge in [-0.05, 0) is 18.2 Å². The number of rotatable bonds is 5. The van der Waals surface area contributed by atoms with E-state index in [0.717, 1.165) is 5.75 Å². The van der Waals surface area contributed by atoms with E-state index < -0.39 is 0 Å². The first-order valence-corrected chi connectivity index (χ1v) is 7.18. The van der Waals surface area contributed by atoms with Gasteiger partial charge in [0.1, 0.15) is 5.75 Å². The van der Waals surface area contributed by atoms with E-state index in [9.17, 15) is 4.79 Å². The van der Waals surface area contributed by atoms with Crippen LogP contribution in [-0.4, -0.2) is 23.5 Å². The number of carbonyl (C=O) groups excluding carboxylic acids is 1. The largest absolute Gasteiger partial charge is 0.495 e. The van der Waals surface area contributed by atoms with Crippen molar-refractivity contribution in [2.24, 2.45) is 0 Å². The minimum Gasteiger partial charge on any atom is -0.495 e. The standard InChI is InChI=1S/C14H22N2O2S/c1-14(2,3)19-8-7-13(17)16-11-9-10(15)5-6-12(11)18-4/h5-6,9H,7-8,15H2,1-4H3,(H,16,17). The van der Waals surface area contributed by atoms with E-state index in [4.69, 9.17) is 10.5 Å². The van der Waals surface area contributed by atoms with Crippen LogP contribution < -0.4 is 15.8 Å². The molecule has 0 aromatic heterocycles. The van der Waals surface area contributed by atoms with Crippen LogP contribution in [0.2, 0.25) is 0 Å². The molecule has 0 radical (unpaired) electrons. The molecule has 0 aliphatic carbocycles. The Morgan fingerprint density at radius 2 is 2.11 bits per heavy atom. The van der Waals surface area contributed by atoms with Crippen molar-refractivity contribution in [3.63, 3.8) is 0 Å². The summed E-state index contributed by atoms with van der Waals surface area (Å²) in [4.78, 5) is 11.9. The average molecular weight is 282 g/mol. The number of nitrogens with two attached hydrogens (primary N) is 1. The van der Waals surface area contributed by atoms with E-state index in [2.05, 4.69) is 26.1 Å². The molecule has 0 atom stereocenters. The van der Waals surface area contributed by atoms with E-state index in [1.807, 2.05) is 0 Å². The normalized spacial score (nSPS) is 11.2. The summed E-state index contributed by atoms with van der Waals surface area (Å²) in [5.74, 6) is 1.38. The Labute approximate surface area is 119 Å². The van der Waals surface area contributed by atoms with Gasteiger partial charge >= 0.3 is 0 Å². The van der Waals surface area contributed by atoms with Gasteiger partial charge in [-0.2, -0.15) is 11.8 Å². The van der Waals surface area contributed by atoms with Crippen LogP contribution in [0, 0.1) is 0 Å². The molecule has 0 saturated carbocycles. The van der Waals surface area contributed by atoms with Crippen LogP contribution in [0.5, 0.6) is 5.75 Å². The van der Waals surface area contributed by atoms with Gasteiger partial charge in [-0.3, -0.25) is 4.79 Å². The quantitative estimate of drug-likeness (QED) is 0.814. The van der Waals surface area contributed by atoms with Gasteiger partial charge in [0.2, 0.25) is 5.91 Å². The summed E-state index contributed by atoms with van der Waals surface area (Å²) in [6.07, 6.45) is 0.472. The van der Waals surface area contributed by atoms with Crippen molar-refractivity contribution in [3.05, 3.63) is 18.2 Å². The van der Waals surface area contributed by atoms with E-state index >= 15 is 0 Å². The Bertz CT molecular complexity index is 442. The summed E-state index contributed by atoms with van der Waals surface area (Å²) >= 11 is 1.77. The van der Waals surface area contributed by atoms with E-state index in [1.54, 1.807) is 37.1 Å². The molecule has 4 nitrogen and oxygen atoms in total. The molecule has 0 aliphatic rings. The molecule has 1 aromatic carbocycles. The highest BCUT2D eigenvalue weighted by Gasteiger charge is 2.12. The highest BCUT2D eigenvalue weighted by Crippen LogP contribution is 2.27. The zero-order valence-corrected chi connectivity index (χ0v) is 12.8. The summed E-state index contributed by atoms with van der Waals surface area (Å²) in [6, 6.07) is 5.19. The molecule has 1 aromatic rings. The number of anilines is 2. The Hall–Kier alpha value is -1.36. The molecule has 0 saturated heterocycles. The van der Waals surface area contributed by atoms with E-state index in [1.165, 1.54) is 0 Å². The minimum atomic E-state index is -0.0272. The lowest BCUT2D eigenvalue weighted by Crippen LogP contribution is -2.15. The molecule has 1 rings (SSSR count). The molecule has 5 heteroatoms. The van der Waals surface area contributed by atoms with Crippen LogP contribution in [0.15, 0.2) is 18.2 Å². The first-order valence-electron chi connectivity index (χ1n) is 6.19. The highest BCUT2D eigenvalue weighted by molar-refractivity contribution is 8.00. The van der Waals surface area contributed by atoms with Crippen molar-refractivity contribution in [1.82, 2.24) is 0 Å². The first-order chi connectivity index (χ1) is 8.81. The summed E-state index contributed by atoms with van der Waals surface area (Å²) in [6.45, 7) is 6.41. The van der Waals surface area contributed by atoms with Gasteiger partial charge in [0.25, 0.3) is 0 Å². The van der Waals surface area contributed by atoms with Crippen molar-refractivity contribution in [1.29, 1.82) is 0 Å². The Kier molecular flexibility index (Phi) is 5.54. The molecular formula is C14H22N2O2S. The van der Waals surface area contributed by atoms with Crippen molar-refractivity contribution in [2.45, 2.75) is 31.9 Å².